The number of halogens is 1. The van der Waals surface area contributed by atoms with Crippen molar-refractivity contribution in [3.8, 4) is 5.75 Å². The van der Waals surface area contributed by atoms with Crippen LogP contribution < -0.4 is 15.6 Å². The van der Waals surface area contributed by atoms with Gasteiger partial charge in [0.25, 0.3) is 5.56 Å². The minimum atomic E-state index is -0.0944. The van der Waals surface area contributed by atoms with Crippen LogP contribution >= 0.6 is 11.6 Å². The summed E-state index contributed by atoms with van der Waals surface area (Å²) in [5.41, 5.74) is 5.61. The minimum Gasteiger partial charge on any atom is -0.487 e. The average Bonchev–Trinajstić information content (AvgIpc) is 3.30. The van der Waals surface area contributed by atoms with Crippen LogP contribution in [0.5, 0.6) is 5.75 Å². The second kappa shape index (κ2) is 10.8. The lowest BCUT2D eigenvalue weighted by molar-refractivity contribution is 0.300. The van der Waals surface area contributed by atoms with Crippen LogP contribution in [0.4, 0.5) is 0 Å². The Kier molecular flexibility index (Phi) is 7.32. The van der Waals surface area contributed by atoms with E-state index in [1.165, 1.54) is 42.3 Å². The average molecular weight is 491 g/mol. The first-order valence-corrected chi connectivity index (χ1v) is 12.6. The molecular weight excluding hydrogens is 460 g/mol. The second-order valence-corrected chi connectivity index (χ2v) is 9.88. The number of likely N-dealkylation sites (tertiary alicyclic amines) is 1. The Morgan fingerprint density at radius 3 is 2.89 bits per heavy atom. The Bertz CT molecular complexity index is 1270. The van der Waals surface area contributed by atoms with Gasteiger partial charge in [0.2, 0.25) is 0 Å². The monoisotopic (exact) mass is 490 g/mol. The maximum Gasteiger partial charge on any atom is 0.258 e. The zero-order chi connectivity index (χ0) is 24.2. The number of benzene rings is 1. The second-order valence-electron chi connectivity index (χ2n) is 9.44. The van der Waals surface area contributed by atoms with Gasteiger partial charge in [-0.2, -0.15) is 0 Å². The molecule has 0 saturated carbocycles. The lowest BCUT2D eigenvalue weighted by Gasteiger charge is -2.21. The van der Waals surface area contributed by atoms with Gasteiger partial charge in [-0.05, 0) is 86.3 Å². The van der Waals surface area contributed by atoms with Gasteiger partial charge < -0.3 is 10.1 Å². The van der Waals surface area contributed by atoms with E-state index in [-0.39, 0.29) is 12.2 Å². The van der Waals surface area contributed by atoms with Crippen LogP contribution in [0.3, 0.4) is 0 Å². The largest absolute Gasteiger partial charge is 0.487 e. The predicted molar refractivity (Wildman–Crippen MR) is 141 cm³/mol. The van der Waals surface area contributed by atoms with Gasteiger partial charge in [-0.15, -0.1) is 0 Å². The van der Waals surface area contributed by atoms with E-state index in [9.17, 15) is 4.79 Å². The number of hydrogen-bond donors (Lipinski definition) is 1. The van der Waals surface area contributed by atoms with Crippen LogP contribution in [0.15, 0.2) is 59.7 Å². The van der Waals surface area contributed by atoms with Crippen molar-refractivity contribution in [1.29, 1.82) is 0 Å². The maximum atomic E-state index is 12.8. The van der Waals surface area contributed by atoms with Gasteiger partial charge in [0.05, 0.1) is 10.7 Å². The molecule has 1 N–H and O–H groups in total. The Labute approximate surface area is 211 Å². The summed E-state index contributed by atoms with van der Waals surface area (Å²) < 4.78 is 7.47. The number of hydrogen-bond acceptors (Lipinski definition) is 5. The first kappa shape index (κ1) is 23.8. The van der Waals surface area contributed by atoms with Gasteiger partial charge in [-0.1, -0.05) is 29.8 Å². The Hall–Kier alpha value is -2.93. The molecule has 2 aromatic heterocycles. The number of nitrogens with one attached hydrogen (secondary N) is 1. The van der Waals surface area contributed by atoms with Crippen molar-refractivity contribution in [2.75, 3.05) is 26.7 Å². The molecule has 6 nitrogen and oxygen atoms in total. The molecule has 1 fully saturated rings. The SMILES string of the molecule is CNCC1CCN(Cc2ccc3c(c2)CCC(n2ccc(OCc4ccc(Cl)cn4)cc2=O)=C3)C1. The van der Waals surface area contributed by atoms with Gasteiger partial charge in [0.15, 0.2) is 0 Å². The zero-order valence-electron chi connectivity index (χ0n) is 20.0. The smallest absolute Gasteiger partial charge is 0.258 e. The molecule has 1 aromatic carbocycles. The number of aromatic nitrogens is 2. The van der Waals surface area contributed by atoms with Crippen LogP contribution in [-0.2, 0) is 19.6 Å². The maximum absolute atomic E-state index is 12.8. The van der Waals surface area contributed by atoms with Crippen molar-refractivity contribution in [3.63, 3.8) is 0 Å². The van der Waals surface area contributed by atoms with Gasteiger partial charge in [0, 0.05) is 37.2 Å². The fourth-order valence-electron chi connectivity index (χ4n) is 5.03. The number of allylic oxidation sites excluding steroid dienone is 1. The van der Waals surface area contributed by atoms with Crippen molar-refractivity contribution in [3.05, 3.63) is 92.6 Å². The van der Waals surface area contributed by atoms with Crippen molar-refractivity contribution in [2.45, 2.75) is 32.4 Å². The van der Waals surface area contributed by atoms with Crippen LogP contribution in [0.2, 0.25) is 5.02 Å². The van der Waals surface area contributed by atoms with E-state index in [2.05, 4.69) is 39.5 Å². The molecule has 1 aliphatic carbocycles. The molecule has 1 aliphatic heterocycles. The van der Waals surface area contributed by atoms with E-state index in [1.807, 2.05) is 19.2 Å². The molecule has 1 unspecified atom stereocenters. The van der Waals surface area contributed by atoms with E-state index in [0.29, 0.717) is 10.8 Å². The number of fused-ring (bicyclic) bond motifs is 1. The van der Waals surface area contributed by atoms with Crippen molar-refractivity contribution < 1.29 is 4.74 Å². The Morgan fingerprint density at radius 2 is 2.09 bits per heavy atom. The summed E-state index contributed by atoms with van der Waals surface area (Å²) in [4.78, 5) is 19.6. The van der Waals surface area contributed by atoms with Crippen LogP contribution in [0, 0.1) is 5.92 Å². The summed E-state index contributed by atoms with van der Waals surface area (Å²) in [6, 6.07) is 13.7. The van der Waals surface area contributed by atoms with E-state index in [4.69, 9.17) is 16.3 Å². The molecule has 0 spiro atoms. The molecule has 0 radical (unpaired) electrons. The minimum absolute atomic E-state index is 0.0944. The third-order valence-corrected chi connectivity index (χ3v) is 7.05. The molecule has 3 aromatic rings. The zero-order valence-corrected chi connectivity index (χ0v) is 20.8. The van der Waals surface area contributed by atoms with Crippen molar-refractivity contribution in [1.82, 2.24) is 19.8 Å². The molecule has 35 heavy (non-hydrogen) atoms. The highest BCUT2D eigenvalue weighted by molar-refractivity contribution is 6.30. The van der Waals surface area contributed by atoms with Crippen LogP contribution in [0.25, 0.3) is 11.8 Å². The third kappa shape index (κ3) is 5.84. The molecule has 3 heterocycles. The highest BCUT2D eigenvalue weighted by Crippen LogP contribution is 2.28. The van der Waals surface area contributed by atoms with Gasteiger partial charge in [0.1, 0.15) is 12.4 Å². The van der Waals surface area contributed by atoms with Crippen LogP contribution in [0.1, 0.15) is 35.2 Å². The van der Waals surface area contributed by atoms with Crippen molar-refractivity contribution in [2.24, 2.45) is 5.92 Å². The molecule has 7 heteroatoms. The van der Waals surface area contributed by atoms with Gasteiger partial charge >= 0.3 is 0 Å². The molecule has 0 amide bonds. The fraction of sp³-hybridized carbons (Fsp3) is 0.357. The molecule has 2 aliphatic rings. The van der Waals surface area contributed by atoms with Gasteiger partial charge in [-0.3, -0.25) is 19.2 Å². The number of pyridine rings is 2. The third-order valence-electron chi connectivity index (χ3n) is 6.82. The molecule has 1 saturated heterocycles. The molecular formula is C28H31ClN4O2. The molecule has 5 rings (SSSR count). The highest BCUT2D eigenvalue weighted by Gasteiger charge is 2.22. The highest BCUT2D eigenvalue weighted by atomic mass is 35.5. The molecule has 0 bridgehead atoms. The first-order chi connectivity index (χ1) is 17.1. The van der Waals surface area contributed by atoms with E-state index < -0.39 is 0 Å². The lowest BCUT2D eigenvalue weighted by atomic mass is 9.93. The van der Waals surface area contributed by atoms with Crippen LogP contribution in [-0.4, -0.2) is 41.1 Å². The normalized spacial score (nSPS) is 17.8. The number of nitrogens with zero attached hydrogens (tertiary/aromatic N) is 3. The van der Waals surface area contributed by atoms with Gasteiger partial charge in [-0.25, -0.2) is 0 Å². The Morgan fingerprint density at radius 1 is 1.17 bits per heavy atom. The molecule has 1 atom stereocenters. The lowest BCUT2D eigenvalue weighted by Crippen LogP contribution is -2.24. The predicted octanol–water partition coefficient (Wildman–Crippen LogP) is 4.46. The number of rotatable bonds is 8. The number of ether oxygens (including phenoxy) is 1. The summed E-state index contributed by atoms with van der Waals surface area (Å²) >= 11 is 5.87. The van der Waals surface area contributed by atoms with E-state index in [0.717, 1.165) is 43.2 Å². The summed E-state index contributed by atoms with van der Waals surface area (Å²) in [5, 5.41) is 3.89. The topological polar surface area (TPSA) is 59.4 Å². The fourth-order valence-corrected chi connectivity index (χ4v) is 5.14. The summed E-state index contributed by atoms with van der Waals surface area (Å²) in [7, 11) is 2.03. The first-order valence-electron chi connectivity index (χ1n) is 12.2. The summed E-state index contributed by atoms with van der Waals surface area (Å²) in [5.74, 6) is 1.29. The van der Waals surface area contributed by atoms with Crippen molar-refractivity contribution >= 4 is 23.4 Å². The van der Waals surface area contributed by atoms with E-state index >= 15 is 0 Å². The quantitative estimate of drug-likeness (QED) is 0.505. The summed E-state index contributed by atoms with van der Waals surface area (Å²) in [6.07, 6.45) is 8.56. The van der Waals surface area contributed by atoms with E-state index in [1.54, 1.807) is 23.0 Å². The standard InChI is InChI=1S/C28H31ClN4O2/c1-30-15-21-8-10-32(18-21)17-20-2-3-23-13-26(7-4-22(23)12-20)33-11-9-27(14-28(33)34)35-19-25-6-5-24(29)16-31-25/h2-3,5-6,9,11-14,16,21,30H,4,7-8,10,15,17-19H2,1H3. The number of aryl methyl sites for hydroxylation is 1. The summed E-state index contributed by atoms with van der Waals surface area (Å²) in [6.45, 7) is 4.73. The Balaban J connectivity index is 1.24. The molecule has 182 valence electrons.